The van der Waals surface area contributed by atoms with E-state index in [4.69, 9.17) is 16.2 Å². The molecule has 0 aliphatic heterocycles. The highest BCUT2D eigenvalue weighted by molar-refractivity contribution is 5.92. The number of hydrogen-bond donors (Lipinski definition) is 3. The maximum atomic E-state index is 11.6. The highest BCUT2D eigenvalue weighted by Crippen LogP contribution is 2.10. The fourth-order valence-electron chi connectivity index (χ4n) is 2.77. The molecule has 1 amide bonds. The summed E-state index contributed by atoms with van der Waals surface area (Å²) in [6.07, 6.45) is 11.7. The zero-order valence-corrected chi connectivity index (χ0v) is 16.5. The van der Waals surface area contributed by atoms with E-state index in [0.717, 1.165) is 31.4 Å². The third kappa shape index (κ3) is 13.7. The van der Waals surface area contributed by atoms with E-state index >= 15 is 0 Å². The molecule has 0 aliphatic carbocycles. The number of guanidine groups is 1. The van der Waals surface area contributed by atoms with Crippen molar-refractivity contribution in [3.8, 4) is 0 Å². The second-order valence-electron chi connectivity index (χ2n) is 6.78. The predicted molar refractivity (Wildman–Crippen MR) is 111 cm³/mol. The van der Waals surface area contributed by atoms with E-state index in [2.05, 4.69) is 10.3 Å². The van der Waals surface area contributed by atoms with Crippen molar-refractivity contribution in [2.45, 2.75) is 70.8 Å². The predicted octanol–water partition coefficient (Wildman–Crippen LogP) is 4.09. The number of amides is 1. The summed E-state index contributed by atoms with van der Waals surface area (Å²) in [4.78, 5) is 15.8. The highest BCUT2D eigenvalue weighted by Gasteiger charge is 2.04. The first-order valence-electron chi connectivity index (χ1n) is 10.2. The lowest BCUT2D eigenvalue weighted by Gasteiger charge is -2.06. The molecule has 1 aromatic rings. The van der Waals surface area contributed by atoms with Crippen molar-refractivity contribution in [1.82, 2.24) is 5.32 Å². The van der Waals surface area contributed by atoms with Crippen molar-refractivity contribution in [2.24, 2.45) is 16.5 Å². The molecule has 0 aliphatic rings. The van der Waals surface area contributed by atoms with E-state index < -0.39 is 6.09 Å². The van der Waals surface area contributed by atoms with Gasteiger partial charge >= 0.3 is 6.09 Å². The number of unbranched alkanes of at least 4 members (excludes halogenated alkanes) is 9. The number of nitrogens with zero attached hydrogens (tertiary/aromatic N) is 1. The molecule has 1 aromatic carbocycles. The summed E-state index contributed by atoms with van der Waals surface area (Å²) in [7, 11) is 0. The minimum absolute atomic E-state index is 0.116. The Labute approximate surface area is 163 Å². The number of aliphatic imine (C=N–C) groups is 1. The van der Waals surface area contributed by atoms with Gasteiger partial charge in [0.15, 0.2) is 5.96 Å². The van der Waals surface area contributed by atoms with E-state index in [0.29, 0.717) is 6.54 Å². The molecule has 0 saturated heterocycles. The Hall–Kier alpha value is -2.08. The fraction of sp³-hybridized carbons (Fsp3) is 0.619. The smallest absolute Gasteiger partial charge is 0.414 e. The van der Waals surface area contributed by atoms with Crippen LogP contribution in [0.3, 0.4) is 0 Å². The molecule has 152 valence electrons. The van der Waals surface area contributed by atoms with Gasteiger partial charge in [-0.3, -0.25) is 10.3 Å². The van der Waals surface area contributed by atoms with Gasteiger partial charge < -0.3 is 16.2 Å². The molecule has 0 spiro atoms. The average Bonchev–Trinajstić information content (AvgIpc) is 2.68. The minimum Gasteiger partial charge on any atom is -0.444 e. The summed E-state index contributed by atoms with van der Waals surface area (Å²) in [6, 6.07) is 9.50. The van der Waals surface area contributed by atoms with Crippen LogP contribution in [-0.4, -0.2) is 25.1 Å². The highest BCUT2D eigenvalue weighted by atomic mass is 16.5. The number of carbonyl (C=O) groups excluding carboxylic acids is 1. The topological polar surface area (TPSA) is 103 Å². The molecule has 0 heterocycles. The maximum Gasteiger partial charge on any atom is 0.414 e. The van der Waals surface area contributed by atoms with Gasteiger partial charge in [-0.25, -0.2) is 4.79 Å². The number of ether oxygens (including phenoxy) is 1. The van der Waals surface area contributed by atoms with E-state index in [1.165, 1.54) is 44.9 Å². The summed E-state index contributed by atoms with van der Waals surface area (Å²) < 4.78 is 5.09. The number of nitrogens with one attached hydrogen (secondary N) is 1. The summed E-state index contributed by atoms with van der Waals surface area (Å²) in [5.41, 5.74) is 12.1. The Kier molecular flexibility index (Phi) is 13.7. The fourth-order valence-corrected chi connectivity index (χ4v) is 2.77. The Balaban J connectivity index is 1.95. The van der Waals surface area contributed by atoms with Crippen LogP contribution < -0.4 is 16.8 Å². The second kappa shape index (κ2) is 16.1. The number of nitrogens with two attached hydrogens (primary N) is 2. The number of benzene rings is 1. The van der Waals surface area contributed by atoms with Crippen LogP contribution in [0.5, 0.6) is 0 Å². The summed E-state index contributed by atoms with van der Waals surface area (Å²) in [6.45, 7) is 1.66. The molecular weight excluding hydrogens is 340 g/mol. The van der Waals surface area contributed by atoms with Crippen LogP contribution in [0.2, 0.25) is 0 Å². The molecule has 0 atom stereocenters. The lowest BCUT2D eigenvalue weighted by Crippen LogP contribution is -2.37. The van der Waals surface area contributed by atoms with Gasteiger partial charge in [0.05, 0.1) is 0 Å². The molecule has 0 radical (unpaired) electrons. The monoisotopic (exact) mass is 376 g/mol. The van der Waals surface area contributed by atoms with Crippen LogP contribution in [0.15, 0.2) is 35.3 Å². The first-order valence-corrected chi connectivity index (χ1v) is 10.2. The van der Waals surface area contributed by atoms with Crippen molar-refractivity contribution in [1.29, 1.82) is 0 Å². The van der Waals surface area contributed by atoms with Crippen LogP contribution >= 0.6 is 0 Å². The number of hydrogen-bond acceptors (Lipinski definition) is 4. The number of carbonyl (C=O) groups is 1. The largest absolute Gasteiger partial charge is 0.444 e. The Morgan fingerprint density at radius 1 is 0.889 bits per heavy atom. The SMILES string of the molecule is NCCCCCCCCCCCCN=C(N)NC(=O)OCc1ccccc1. The quantitative estimate of drug-likeness (QED) is 0.258. The lowest BCUT2D eigenvalue weighted by atomic mass is 10.1. The van der Waals surface area contributed by atoms with Crippen molar-refractivity contribution < 1.29 is 9.53 Å². The number of alkyl carbamates (subject to hydrolysis) is 1. The third-order valence-electron chi connectivity index (χ3n) is 4.34. The number of rotatable bonds is 14. The van der Waals surface area contributed by atoms with Gasteiger partial charge in [-0.15, -0.1) is 0 Å². The van der Waals surface area contributed by atoms with E-state index in [-0.39, 0.29) is 12.6 Å². The molecule has 0 bridgehead atoms. The maximum absolute atomic E-state index is 11.6. The molecule has 1 rings (SSSR count). The van der Waals surface area contributed by atoms with Gasteiger partial charge in [0, 0.05) is 6.54 Å². The van der Waals surface area contributed by atoms with Gasteiger partial charge in [0.2, 0.25) is 0 Å². The first kappa shape index (κ1) is 23.0. The van der Waals surface area contributed by atoms with Crippen molar-refractivity contribution in [2.75, 3.05) is 13.1 Å². The van der Waals surface area contributed by atoms with Gasteiger partial charge in [-0.2, -0.15) is 0 Å². The van der Waals surface area contributed by atoms with Crippen LogP contribution in [0.25, 0.3) is 0 Å². The summed E-state index contributed by atoms with van der Waals surface area (Å²) >= 11 is 0. The molecule has 6 heteroatoms. The third-order valence-corrected chi connectivity index (χ3v) is 4.34. The Morgan fingerprint density at radius 2 is 1.44 bits per heavy atom. The normalized spacial score (nSPS) is 11.4. The van der Waals surface area contributed by atoms with Crippen LogP contribution in [0, 0.1) is 0 Å². The van der Waals surface area contributed by atoms with Crippen LogP contribution in [0.1, 0.15) is 69.8 Å². The molecule has 27 heavy (non-hydrogen) atoms. The van der Waals surface area contributed by atoms with Crippen LogP contribution in [-0.2, 0) is 11.3 Å². The van der Waals surface area contributed by atoms with Gasteiger partial charge in [-0.05, 0) is 24.9 Å². The summed E-state index contributed by atoms with van der Waals surface area (Å²) in [5.74, 6) is 0.116. The van der Waals surface area contributed by atoms with Crippen molar-refractivity contribution in [3.63, 3.8) is 0 Å². The Bertz CT molecular complexity index is 520. The first-order chi connectivity index (χ1) is 13.2. The van der Waals surface area contributed by atoms with E-state index in [1.807, 2.05) is 30.3 Å². The van der Waals surface area contributed by atoms with Gasteiger partial charge in [0.25, 0.3) is 0 Å². The molecule has 6 nitrogen and oxygen atoms in total. The average molecular weight is 377 g/mol. The molecule has 0 saturated carbocycles. The van der Waals surface area contributed by atoms with Crippen LogP contribution in [0.4, 0.5) is 4.79 Å². The Morgan fingerprint density at radius 3 is 2.04 bits per heavy atom. The minimum atomic E-state index is -0.577. The summed E-state index contributed by atoms with van der Waals surface area (Å²) in [5, 5.41) is 2.45. The zero-order chi connectivity index (χ0) is 19.6. The van der Waals surface area contributed by atoms with Gasteiger partial charge in [-0.1, -0.05) is 81.7 Å². The molecule has 0 unspecified atom stereocenters. The van der Waals surface area contributed by atoms with Crippen molar-refractivity contribution >= 4 is 12.1 Å². The lowest BCUT2D eigenvalue weighted by molar-refractivity contribution is 0.145. The second-order valence-corrected chi connectivity index (χ2v) is 6.78. The van der Waals surface area contributed by atoms with E-state index in [1.54, 1.807) is 0 Å². The molecule has 0 aromatic heterocycles. The van der Waals surface area contributed by atoms with Crippen molar-refractivity contribution in [3.05, 3.63) is 35.9 Å². The zero-order valence-electron chi connectivity index (χ0n) is 16.5. The molecule has 0 fully saturated rings. The van der Waals surface area contributed by atoms with Gasteiger partial charge in [0.1, 0.15) is 6.61 Å². The molecular formula is C21H36N4O2. The molecule has 5 N–H and O–H groups in total. The van der Waals surface area contributed by atoms with E-state index in [9.17, 15) is 4.79 Å². The standard InChI is InChI=1S/C21H36N4O2/c22-16-12-7-5-3-1-2-4-6-8-13-17-24-20(23)25-21(26)27-18-19-14-10-9-11-15-19/h9-11,14-15H,1-8,12-13,16-18,22H2,(H3,23,24,25,26).